The highest BCUT2D eigenvalue weighted by atomic mass is 16.2. The Morgan fingerprint density at radius 2 is 1.87 bits per heavy atom. The van der Waals surface area contributed by atoms with Crippen LogP contribution in [0.3, 0.4) is 0 Å². The van der Waals surface area contributed by atoms with E-state index in [0.29, 0.717) is 11.3 Å². The molecule has 30 heavy (non-hydrogen) atoms. The van der Waals surface area contributed by atoms with E-state index in [1.54, 1.807) is 6.07 Å². The van der Waals surface area contributed by atoms with Gasteiger partial charge in [-0.1, -0.05) is 18.2 Å². The predicted octanol–water partition coefficient (Wildman–Crippen LogP) is 1.04. The Kier molecular flexibility index (Phi) is 4.78. The molecule has 2 N–H and O–H groups in total. The van der Waals surface area contributed by atoms with Crippen LogP contribution in [-0.2, 0) is 25.3 Å². The summed E-state index contributed by atoms with van der Waals surface area (Å²) in [4.78, 5) is 55.9. The van der Waals surface area contributed by atoms with Crippen LogP contribution in [0.4, 0.5) is 5.69 Å². The molecule has 0 saturated carbocycles. The lowest BCUT2D eigenvalue weighted by Gasteiger charge is -2.09. The summed E-state index contributed by atoms with van der Waals surface area (Å²) in [6.07, 6.45) is 1.75. The summed E-state index contributed by atoms with van der Waals surface area (Å²) in [5.74, 6) is -0.314. The maximum Gasteiger partial charge on any atom is 0.332 e. The van der Waals surface area contributed by atoms with E-state index in [0.717, 1.165) is 15.5 Å². The van der Waals surface area contributed by atoms with E-state index in [9.17, 15) is 19.2 Å². The molecule has 3 heterocycles. The number of hydrogen-bond acceptors (Lipinski definition) is 5. The number of aromatic nitrogens is 4. The number of aromatic amines is 1. The van der Waals surface area contributed by atoms with E-state index in [4.69, 9.17) is 0 Å². The van der Waals surface area contributed by atoms with Crippen molar-refractivity contribution in [1.29, 1.82) is 0 Å². The molecule has 0 fully saturated rings. The van der Waals surface area contributed by atoms with Crippen molar-refractivity contribution < 1.29 is 4.79 Å². The minimum Gasteiger partial charge on any atom is -0.325 e. The summed E-state index contributed by atoms with van der Waals surface area (Å²) in [6.45, 7) is 0. The van der Waals surface area contributed by atoms with Crippen molar-refractivity contribution >= 4 is 33.5 Å². The number of amides is 1. The average Bonchev–Trinajstić information content (AvgIpc) is 2.74. The minimum absolute atomic E-state index is 0.0880. The Morgan fingerprint density at radius 1 is 1.10 bits per heavy atom. The van der Waals surface area contributed by atoms with Crippen molar-refractivity contribution in [2.45, 2.75) is 12.8 Å². The van der Waals surface area contributed by atoms with Crippen LogP contribution in [0.5, 0.6) is 0 Å². The zero-order chi connectivity index (χ0) is 21.4. The number of rotatable bonds is 4. The second kappa shape index (κ2) is 7.43. The van der Waals surface area contributed by atoms with Gasteiger partial charge in [0.25, 0.3) is 11.1 Å². The highest BCUT2D eigenvalue weighted by Crippen LogP contribution is 2.14. The first-order valence-electron chi connectivity index (χ1n) is 9.31. The van der Waals surface area contributed by atoms with Crippen molar-refractivity contribution in [2.24, 2.45) is 14.1 Å². The Labute approximate surface area is 169 Å². The second-order valence-corrected chi connectivity index (χ2v) is 7.06. The Morgan fingerprint density at radius 3 is 2.67 bits per heavy atom. The quantitative estimate of drug-likeness (QED) is 0.526. The predicted molar refractivity (Wildman–Crippen MR) is 114 cm³/mol. The van der Waals surface area contributed by atoms with Gasteiger partial charge < -0.3 is 10.3 Å². The molecule has 9 heteroatoms. The molecule has 1 aromatic carbocycles. The number of para-hydroxylation sites is 1. The molecule has 0 spiro atoms. The Bertz CT molecular complexity index is 1480. The summed E-state index contributed by atoms with van der Waals surface area (Å²) in [6, 6.07) is 10.7. The molecule has 0 saturated heterocycles. The lowest BCUT2D eigenvalue weighted by atomic mass is 10.1. The van der Waals surface area contributed by atoms with Gasteiger partial charge in [0.1, 0.15) is 5.65 Å². The Hall–Kier alpha value is -4.01. The number of hydrogen-bond donors (Lipinski definition) is 2. The normalized spacial score (nSPS) is 11.1. The zero-order valence-electron chi connectivity index (χ0n) is 16.4. The lowest BCUT2D eigenvalue weighted by molar-refractivity contribution is -0.116. The molecular weight excluding hydrogens is 386 g/mol. The van der Waals surface area contributed by atoms with E-state index in [-0.39, 0.29) is 35.3 Å². The topological polar surface area (TPSA) is 119 Å². The highest BCUT2D eigenvalue weighted by molar-refractivity contribution is 5.92. The number of benzene rings is 1. The number of H-pyrrole nitrogens is 1. The molecule has 3 aromatic heterocycles. The molecule has 0 aliphatic rings. The van der Waals surface area contributed by atoms with Crippen LogP contribution in [0.1, 0.15) is 12.0 Å². The number of anilines is 1. The smallest absolute Gasteiger partial charge is 0.325 e. The van der Waals surface area contributed by atoms with Gasteiger partial charge in [-0.3, -0.25) is 23.5 Å². The van der Waals surface area contributed by atoms with Crippen LogP contribution in [0.25, 0.3) is 21.9 Å². The second-order valence-electron chi connectivity index (χ2n) is 7.06. The number of nitrogens with one attached hydrogen (secondary N) is 2. The van der Waals surface area contributed by atoms with Crippen LogP contribution in [0.2, 0.25) is 0 Å². The van der Waals surface area contributed by atoms with Gasteiger partial charge >= 0.3 is 5.69 Å². The van der Waals surface area contributed by atoms with E-state index in [1.165, 1.54) is 30.9 Å². The van der Waals surface area contributed by atoms with Crippen LogP contribution in [0.15, 0.2) is 57.0 Å². The van der Waals surface area contributed by atoms with Gasteiger partial charge in [-0.15, -0.1) is 0 Å². The fourth-order valence-electron chi connectivity index (χ4n) is 3.38. The van der Waals surface area contributed by atoms with Gasteiger partial charge in [-0.2, -0.15) is 0 Å². The van der Waals surface area contributed by atoms with Crippen LogP contribution in [-0.4, -0.2) is 25.0 Å². The van der Waals surface area contributed by atoms with Crippen molar-refractivity contribution in [1.82, 2.24) is 19.1 Å². The van der Waals surface area contributed by atoms with Crippen molar-refractivity contribution in [3.05, 3.63) is 79.4 Å². The number of carbonyl (C=O) groups is 1. The number of fused-ring (bicyclic) bond motifs is 2. The molecule has 152 valence electrons. The molecule has 0 aliphatic carbocycles. The molecule has 0 aliphatic heterocycles. The van der Waals surface area contributed by atoms with Gasteiger partial charge in [0.05, 0.1) is 17.3 Å². The summed E-state index contributed by atoms with van der Waals surface area (Å²) in [5.41, 5.74) is 0.660. The summed E-state index contributed by atoms with van der Waals surface area (Å²) in [7, 11) is 2.91. The highest BCUT2D eigenvalue weighted by Gasteiger charge is 2.12. The van der Waals surface area contributed by atoms with Crippen molar-refractivity contribution in [3.8, 4) is 0 Å². The van der Waals surface area contributed by atoms with Crippen LogP contribution in [0, 0.1) is 0 Å². The first-order valence-corrected chi connectivity index (χ1v) is 9.31. The standard InChI is InChI=1S/C21H19N5O4/c1-25-18-15(20(29)26(2)21(25)30)10-14(11-22-18)23-17(27)8-7-13-9-12-5-3-4-6-16(12)24-19(13)28/h3-6,9-11H,7-8H2,1-2H3,(H,23,27)(H,24,28). The fraction of sp³-hybridized carbons (Fsp3) is 0.190. The monoisotopic (exact) mass is 405 g/mol. The third-order valence-electron chi connectivity index (χ3n) is 5.03. The number of nitrogens with zero attached hydrogens (tertiary/aromatic N) is 3. The van der Waals surface area contributed by atoms with E-state index < -0.39 is 11.2 Å². The maximum absolute atomic E-state index is 12.4. The summed E-state index contributed by atoms with van der Waals surface area (Å²) in [5, 5.41) is 3.81. The zero-order valence-corrected chi connectivity index (χ0v) is 16.4. The van der Waals surface area contributed by atoms with Crippen LogP contribution >= 0.6 is 0 Å². The SMILES string of the molecule is Cn1c(=O)c2cc(NC(=O)CCc3cc4ccccc4[nH]c3=O)cnc2n(C)c1=O. The van der Waals surface area contributed by atoms with Crippen molar-refractivity contribution in [3.63, 3.8) is 0 Å². The average molecular weight is 405 g/mol. The summed E-state index contributed by atoms with van der Waals surface area (Å²) >= 11 is 0. The third-order valence-corrected chi connectivity index (χ3v) is 5.03. The van der Waals surface area contributed by atoms with Crippen LogP contribution < -0.4 is 22.1 Å². The van der Waals surface area contributed by atoms with Gasteiger partial charge in [0.15, 0.2) is 0 Å². The lowest BCUT2D eigenvalue weighted by Crippen LogP contribution is -2.37. The number of aryl methyl sites for hydroxylation is 2. The number of carbonyl (C=O) groups excluding carboxylic acids is 1. The molecule has 0 unspecified atom stereocenters. The van der Waals surface area contributed by atoms with E-state index in [2.05, 4.69) is 15.3 Å². The molecule has 4 rings (SSSR count). The third kappa shape index (κ3) is 3.41. The molecule has 4 aromatic rings. The first-order chi connectivity index (χ1) is 14.3. The Balaban J connectivity index is 1.54. The molecule has 1 amide bonds. The van der Waals surface area contributed by atoms with Gasteiger partial charge in [-0.05, 0) is 30.0 Å². The van der Waals surface area contributed by atoms with E-state index >= 15 is 0 Å². The minimum atomic E-state index is -0.487. The van der Waals surface area contributed by atoms with Gasteiger partial charge in [0.2, 0.25) is 5.91 Å². The first kappa shape index (κ1) is 19.3. The maximum atomic E-state index is 12.4. The molecule has 0 bridgehead atoms. The summed E-state index contributed by atoms with van der Waals surface area (Å²) < 4.78 is 2.26. The molecule has 0 atom stereocenters. The fourth-order valence-corrected chi connectivity index (χ4v) is 3.38. The number of pyridine rings is 2. The largest absolute Gasteiger partial charge is 0.332 e. The molecule has 0 radical (unpaired) electrons. The molecule has 9 nitrogen and oxygen atoms in total. The van der Waals surface area contributed by atoms with Crippen molar-refractivity contribution in [2.75, 3.05) is 5.32 Å². The molecular formula is C21H19N5O4. The van der Waals surface area contributed by atoms with Gasteiger partial charge in [-0.25, -0.2) is 9.78 Å². The van der Waals surface area contributed by atoms with Gasteiger partial charge in [0, 0.05) is 31.6 Å². The van der Waals surface area contributed by atoms with E-state index in [1.807, 2.05) is 24.3 Å².